The number of rotatable bonds is 5. The van der Waals surface area contributed by atoms with Crippen molar-refractivity contribution in [1.29, 1.82) is 0 Å². The molecule has 3 rings (SSSR count). The number of imidazole rings is 1. The second-order valence-electron chi connectivity index (χ2n) is 5.30. The van der Waals surface area contributed by atoms with Gasteiger partial charge in [-0.3, -0.25) is 9.36 Å². The first kappa shape index (κ1) is 16.6. The molecule has 128 valence electrons. The predicted octanol–water partition coefficient (Wildman–Crippen LogP) is 0.430. The Labute approximate surface area is 139 Å². The van der Waals surface area contributed by atoms with Crippen molar-refractivity contribution in [2.75, 3.05) is 20.3 Å². The Bertz CT molecular complexity index is 860. The molecule has 1 aliphatic rings. The molecule has 1 aromatic carbocycles. The van der Waals surface area contributed by atoms with Crippen molar-refractivity contribution >= 4 is 15.9 Å². The number of sulfonamides is 1. The fourth-order valence-electron chi connectivity index (χ4n) is 2.57. The lowest BCUT2D eigenvalue weighted by Crippen LogP contribution is -2.28. The smallest absolute Gasteiger partial charge is 0.271 e. The lowest BCUT2D eigenvalue weighted by Gasteiger charge is -2.08. The van der Waals surface area contributed by atoms with Crippen molar-refractivity contribution in [2.24, 2.45) is 0 Å². The van der Waals surface area contributed by atoms with E-state index in [1.54, 1.807) is 29.9 Å². The molecule has 2 heterocycles. The number of benzene rings is 1. The van der Waals surface area contributed by atoms with Crippen molar-refractivity contribution in [3.63, 3.8) is 0 Å². The van der Waals surface area contributed by atoms with Crippen molar-refractivity contribution in [1.82, 2.24) is 19.6 Å². The number of hydrogen-bond acceptors (Lipinski definition) is 5. The van der Waals surface area contributed by atoms with Crippen LogP contribution in [0.2, 0.25) is 0 Å². The van der Waals surface area contributed by atoms with Crippen LogP contribution in [0.1, 0.15) is 22.6 Å². The van der Waals surface area contributed by atoms with Crippen molar-refractivity contribution in [3.8, 4) is 5.69 Å². The van der Waals surface area contributed by atoms with Gasteiger partial charge in [0.05, 0.1) is 17.9 Å². The van der Waals surface area contributed by atoms with Crippen LogP contribution in [0.3, 0.4) is 0 Å². The summed E-state index contributed by atoms with van der Waals surface area (Å²) < 4.78 is 33.7. The molecule has 0 unspecified atom stereocenters. The van der Waals surface area contributed by atoms with E-state index in [0.29, 0.717) is 31.0 Å². The molecule has 2 N–H and O–H groups in total. The highest BCUT2D eigenvalue weighted by molar-refractivity contribution is 7.89. The summed E-state index contributed by atoms with van der Waals surface area (Å²) >= 11 is 0. The van der Waals surface area contributed by atoms with Gasteiger partial charge in [0.2, 0.25) is 10.0 Å². The number of ether oxygens (including phenoxy) is 1. The third-order valence-corrected chi connectivity index (χ3v) is 5.18. The van der Waals surface area contributed by atoms with Crippen LogP contribution >= 0.6 is 0 Å². The van der Waals surface area contributed by atoms with Gasteiger partial charge in [-0.25, -0.2) is 18.1 Å². The minimum Gasteiger partial charge on any atom is -0.385 e. The molecule has 0 saturated heterocycles. The average Bonchev–Trinajstić information content (AvgIpc) is 2.96. The first-order valence-electron chi connectivity index (χ1n) is 7.47. The molecule has 0 spiro atoms. The maximum absolute atomic E-state index is 12.3. The molecular weight excluding hydrogens is 332 g/mol. The molecule has 0 bridgehead atoms. The summed E-state index contributed by atoms with van der Waals surface area (Å²) in [6.07, 6.45) is 2.16. The van der Waals surface area contributed by atoms with E-state index >= 15 is 0 Å². The number of nitrogens with one attached hydrogen (secondary N) is 2. The number of amides is 1. The zero-order chi connectivity index (χ0) is 17.2. The maximum Gasteiger partial charge on any atom is 0.271 e. The van der Waals surface area contributed by atoms with Crippen LogP contribution in [0.5, 0.6) is 0 Å². The number of carbonyl (C=O) groups excluding carboxylic acids is 1. The number of aromatic nitrogens is 2. The largest absolute Gasteiger partial charge is 0.385 e. The van der Waals surface area contributed by atoms with E-state index in [9.17, 15) is 13.2 Å². The van der Waals surface area contributed by atoms with Crippen LogP contribution in [-0.4, -0.2) is 44.1 Å². The van der Waals surface area contributed by atoms with Gasteiger partial charge in [0.25, 0.3) is 5.91 Å². The molecule has 1 amide bonds. The first-order chi connectivity index (χ1) is 11.5. The number of methoxy groups -OCH3 is 1. The molecule has 1 aromatic heterocycles. The first-order valence-corrected chi connectivity index (χ1v) is 8.95. The molecule has 2 aromatic rings. The molecule has 0 aliphatic carbocycles. The zero-order valence-corrected chi connectivity index (χ0v) is 14.0. The lowest BCUT2D eigenvalue weighted by atomic mass is 10.2. The average molecular weight is 350 g/mol. The second-order valence-corrected chi connectivity index (χ2v) is 7.04. The summed E-state index contributed by atoms with van der Waals surface area (Å²) in [4.78, 5) is 16.7. The normalized spacial score (nSPS) is 15.2. The van der Waals surface area contributed by atoms with E-state index in [-0.39, 0.29) is 23.0 Å². The van der Waals surface area contributed by atoms with E-state index < -0.39 is 10.0 Å². The number of hydrogen-bond donors (Lipinski definition) is 2. The third kappa shape index (κ3) is 3.05. The molecule has 24 heavy (non-hydrogen) atoms. The van der Waals surface area contributed by atoms with Gasteiger partial charge in [-0.05, 0) is 18.6 Å². The van der Waals surface area contributed by atoms with E-state index in [4.69, 9.17) is 4.74 Å². The van der Waals surface area contributed by atoms with Crippen LogP contribution in [0.25, 0.3) is 5.69 Å². The molecule has 0 radical (unpaired) electrons. The Morgan fingerprint density at radius 1 is 1.42 bits per heavy atom. The van der Waals surface area contributed by atoms with Crippen LogP contribution in [0, 0.1) is 0 Å². The number of para-hydroxylation sites is 1. The fraction of sp³-hybridized carbons (Fsp3) is 0.333. The van der Waals surface area contributed by atoms with Crippen LogP contribution in [0.15, 0.2) is 35.5 Å². The zero-order valence-electron chi connectivity index (χ0n) is 13.2. The summed E-state index contributed by atoms with van der Waals surface area (Å²) in [5.74, 6) is -0.335. The van der Waals surface area contributed by atoms with Gasteiger partial charge in [0.15, 0.2) is 5.69 Å². The van der Waals surface area contributed by atoms with E-state index in [2.05, 4.69) is 15.0 Å². The number of fused-ring (bicyclic) bond motifs is 3. The summed E-state index contributed by atoms with van der Waals surface area (Å²) in [7, 11) is -2.03. The van der Waals surface area contributed by atoms with Gasteiger partial charge in [0, 0.05) is 20.3 Å². The monoisotopic (exact) mass is 350 g/mol. The lowest BCUT2D eigenvalue weighted by molar-refractivity contribution is 0.0943. The van der Waals surface area contributed by atoms with Crippen molar-refractivity contribution in [3.05, 3.63) is 42.0 Å². The number of nitrogens with zero attached hydrogens (tertiary/aromatic N) is 2. The van der Waals surface area contributed by atoms with Gasteiger partial charge in [-0.15, -0.1) is 0 Å². The molecule has 0 fully saturated rings. The Kier molecular flexibility index (Phi) is 4.65. The van der Waals surface area contributed by atoms with E-state index in [0.717, 1.165) is 0 Å². The highest BCUT2D eigenvalue weighted by Gasteiger charge is 2.28. The molecule has 8 nitrogen and oxygen atoms in total. The van der Waals surface area contributed by atoms with Crippen molar-refractivity contribution in [2.45, 2.75) is 17.9 Å². The van der Waals surface area contributed by atoms with Gasteiger partial charge in [-0.1, -0.05) is 12.1 Å². The van der Waals surface area contributed by atoms with E-state index in [1.807, 2.05) is 0 Å². The Balaban J connectivity index is 1.93. The summed E-state index contributed by atoms with van der Waals surface area (Å²) in [6, 6.07) is 6.61. The summed E-state index contributed by atoms with van der Waals surface area (Å²) in [5.41, 5.74) is 1.20. The summed E-state index contributed by atoms with van der Waals surface area (Å²) in [6.45, 7) is 1.01. The van der Waals surface area contributed by atoms with E-state index in [1.165, 1.54) is 12.4 Å². The van der Waals surface area contributed by atoms with Crippen molar-refractivity contribution < 1.29 is 17.9 Å². The number of carbonyl (C=O) groups is 1. The van der Waals surface area contributed by atoms with Gasteiger partial charge >= 0.3 is 0 Å². The van der Waals surface area contributed by atoms with Crippen LogP contribution < -0.4 is 10.0 Å². The Hall–Kier alpha value is -2.23. The molecule has 9 heteroatoms. The predicted molar refractivity (Wildman–Crippen MR) is 86.4 cm³/mol. The second kappa shape index (κ2) is 6.71. The minimum atomic E-state index is -3.63. The van der Waals surface area contributed by atoms with Gasteiger partial charge in [-0.2, -0.15) is 0 Å². The highest BCUT2D eigenvalue weighted by Crippen LogP contribution is 2.26. The standard InChI is InChI=1S/C15H18N4O4S/c1-23-8-4-7-16-15(20)14-12-9-18-24(21,22)13-6-3-2-5-11(13)19(12)10-17-14/h2-3,5-6,10,18H,4,7-9H2,1H3,(H,16,20). The fourth-order valence-corrected chi connectivity index (χ4v) is 3.75. The third-order valence-electron chi connectivity index (χ3n) is 3.74. The molecule has 1 aliphatic heterocycles. The van der Waals surface area contributed by atoms with Gasteiger partial charge in [0.1, 0.15) is 11.2 Å². The Morgan fingerprint density at radius 2 is 2.21 bits per heavy atom. The van der Waals surface area contributed by atoms with Gasteiger partial charge < -0.3 is 10.1 Å². The highest BCUT2D eigenvalue weighted by atomic mass is 32.2. The SMILES string of the molecule is COCCCNC(=O)c1ncn2c1CNS(=O)(=O)c1ccccc1-2. The molecule has 0 saturated carbocycles. The minimum absolute atomic E-state index is 0.00215. The maximum atomic E-state index is 12.3. The van der Waals surface area contributed by atoms with Crippen LogP contribution in [-0.2, 0) is 21.3 Å². The quantitative estimate of drug-likeness (QED) is 0.762. The van der Waals surface area contributed by atoms with Crippen LogP contribution in [0.4, 0.5) is 0 Å². The Morgan fingerprint density at radius 3 is 3.00 bits per heavy atom. The molecular formula is C15H18N4O4S. The molecule has 0 atom stereocenters. The summed E-state index contributed by atoms with van der Waals surface area (Å²) in [5, 5.41) is 2.76. The topological polar surface area (TPSA) is 102 Å².